The average molecular weight is 350 g/mol. The van der Waals surface area contributed by atoms with Gasteiger partial charge in [-0.05, 0) is 33.6 Å². The first-order valence-corrected chi connectivity index (χ1v) is 6.19. The molecule has 20 heavy (non-hydrogen) atoms. The molecule has 0 aliphatic rings. The first-order valence-electron chi connectivity index (χ1n) is 5.40. The molecule has 0 atom stereocenters. The lowest BCUT2D eigenvalue weighted by molar-refractivity contribution is 0.261. The zero-order chi connectivity index (χ0) is 14.9. The van der Waals surface area contributed by atoms with Crippen molar-refractivity contribution in [3.63, 3.8) is 0 Å². The molecule has 2 rings (SSSR count). The molecule has 2 aromatic rings. The molecule has 0 aromatic heterocycles. The summed E-state index contributed by atoms with van der Waals surface area (Å²) >= 11 is 3.18. The Morgan fingerprint density at radius 2 is 1.60 bits per heavy atom. The van der Waals surface area contributed by atoms with E-state index in [2.05, 4.69) is 15.9 Å². The summed E-state index contributed by atoms with van der Waals surface area (Å²) < 4.78 is 58.1. The van der Waals surface area contributed by atoms with Crippen molar-refractivity contribution in [2.45, 2.75) is 6.61 Å². The van der Waals surface area contributed by atoms with E-state index < -0.39 is 29.0 Å². The topological polar surface area (TPSA) is 35.2 Å². The lowest BCUT2D eigenvalue weighted by atomic mass is 10.2. The predicted octanol–water partition coefficient (Wildman–Crippen LogP) is 4.17. The molecule has 2 aromatic carbocycles. The highest BCUT2D eigenvalue weighted by Gasteiger charge is 2.20. The molecule has 0 radical (unpaired) electrons. The van der Waals surface area contributed by atoms with Crippen LogP contribution in [0.1, 0.15) is 5.56 Å². The predicted molar refractivity (Wildman–Crippen MR) is 69.2 cm³/mol. The summed E-state index contributed by atoms with van der Waals surface area (Å²) in [7, 11) is 0. The Balaban J connectivity index is 2.25. The van der Waals surface area contributed by atoms with Crippen molar-refractivity contribution in [2.24, 2.45) is 0 Å². The molecule has 0 aliphatic carbocycles. The number of benzene rings is 2. The molecule has 7 heteroatoms. The molecule has 106 valence electrons. The van der Waals surface area contributed by atoms with Gasteiger partial charge in [0.2, 0.25) is 11.6 Å². The van der Waals surface area contributed by atoms with Crippen molar-refractivity contribution in [2.75, 3.05) is 5.73 Å². The van der Waals surface area contributed by atoms with E-state index in [-0.39, 0.29) is 12.7 Å². The largest absolute Gasteiger partial charge is 0.483 e. The molecule has 2 nitrogen and oxygen atoms in total. The third-order valence-electron chi connectivity index (χ3n) is 2.52. The van der Waals surface area contributed by atoms with Gasteiger partial charge in [0.1, 0.15) is 6.61 Å². The van der Waals surface area contributed by atoms with Gasteiger partial charge in [0, 0.05) is 16.2 Å². The standard InChI is InChI=1S/C13H8BrF4NO/c14-7-2-1-6(3-10(7)19)5-20-13-11(17)8(15)4-9(16)12(13)18/h1-4H,5,19H2. The zero-order valence-corrected chi connectivity index (χ0v) is 11.5. The smallest absolute Gasteiger partial charge is 0.203 e. The molecular formula is C13H8BrF4NO. The highest BCUT2D eigenvalue weighted by atomic mass is 79.9. The fraction of sp³-hybridized carbons (Fsp3) is 0.0769. The lowest BCUT2D eigenvalue weighted by Crippen LogP contribution is -2.04. The minimum absolute atomic E-state index is 0.120. The van der Waals surface area contributed by atoms with Crippen LogP contribution in [0.25, 0.3) is 0 Å². The maximum absolute atomic E-state index is 13.3. The molecule has 2 N–H and O–H groups in total. The minimum atomic E-state index is -1.58. The van der Waals surface area contributed by atoms with Gasteiger partial charge in [0.15, 0.2) is 17.4 Å². The maximum Gasteiger partial charge on any atom is 0.203 e. The summed E-state index contributed by atoms with van der Waals surface area (Å²) in [4.78, 5) is 0. The van der Waals surface area contributed by atoms with E-state index in [0.717, 1.165) is 0 Å². The van der Waals surface area contributed by atoms with Gasteiger partial charge in [0.05, 0.1) is 0 Å². The van der Waals surface area contributed by atoms with E-state index >= 15 is 0 Å². The van der Waals surface area contributed by atoms with Crippen LogP contribution in [0.15, 0.2) is 28.7 Å². The Morgan fingerprint density at radius 3 is 2.15 bits per heavy atom. The average Bonchev–Trinajstić information content (AvgIpc) is 2.40. The Bertz CT molecular complexity index is 637. The quantitative estimate of drug-likeness (QED) is 0.512. The van der Waals surface area contributed by atoms with Crippen molar-refractivity contribution < 1.29 is 22.3 Å². The summed E-state index contributed by atoms with van der Waals surface area (Å²) in [5.41, 5.74) is 6.52. The van der Waals surface area contributed by atoms with Crippen LogP contribution >= 0.6 is 15.9 Å². The number of halogens is 5. The van der Waals surface area contributed by atoms with Crippen LogP contribution in [0.3, 0.4) is 0 Å². The molecular weight excluding hydrogens is 342 g/mol. The zero-order valence-electron chi connectivity index (χ0n) is 9.89. The summed E-state index contributed by atoms with van der Waals surface area (Å²) in [6, 6.07) is 4.84. The second kappa shape index (κ2) is 5.70. The maximum atomic E-state index is 13.3. The fourth-order valence-corrected chi connectivity index (χ4v) is 1.76. The fourth-order valence-electron chi connectivity index (χ4n) is 1.52. The third kappa shape index (κ3) is 2.87. The number of nitrogen functional groups attached to an aromatic ring is 1. The van der Waals surface area contributed by atoms with Gasteiger partial charge in [-0.1, -0.05) is 6.07 Å². The summed E-state index contributed by atoms with van der Waals surface area (Å²) in [6.07, 6.45) is 0. The van der Waals surface area contributed by atoms with Gasteiger partial charge in [-0.15, -0.1) is 0 Å². The second-order valence-electron chi connectivity index (χ2n) is 3.94. The molecule has 0 saturated heterocycles. The number of ether oxygens (including phenoxy) is 1. The van der Waals surface area contributed by atoms with E-state index in [1.807, 2.05) is 0 Å². The Labute approximate surface area is 120 Å². The van der Waals surface area contributed by atoms with Gasteiger partial charge < -0.3 is 10.5 Å². The van der Waals surface area contributed by atoms with E-state index in [4.69, 9.17) is 10.5 Å². The molecule has 0 saturated carbocycles. The van der Waals surface area contributed by atoms with Crippen LogP contribution in [0, 0.1) is 23.3 Å². The van der Waals surface area contributed by atoms with Gasteiger partial charge >= 0.3 is 0 Å². The minimum Gasteiger partial charge on any atom is -0.483 e. The van der Waals surface area contributed by atoms with Crippen LogP contribution in [-0.2, 0) is 6.61 Å². The van der Waals surface area contributed by atoms with Crippen LogP contribution in [0.4, 0.5) is 23.2 Å². The molecule has 0 heterocycles. The molecule has 0 spiro atoms. The SMILES string of the molecule is Nc1cc(COc2c(F)c(F)cc(F)c2F)ccc1Br. The van der Waals surface area contributed by atoms with E-state index in [1.165, 1.54) is 6.07 Å². The lowest BCUT2D eigenvalue weighted by Gasteiger charge is -2.10. The first-order chi connectivity index (χ1) is 9.40. The van der Waals surface area contributed by atoms with Crippen LogP contribution in [0.2, 0.25) is 0 Å². The summed E-state index contributed by atoms with van der Waals surface area (Å²) in [6.45, 7) is -0.284. The van der Waals surface area contributed by atoms with Gasteiger partial charge in [-0.3, -0.25) is 0 Å². The third-order valence-corrected chi connectivity index (χ3v) is 3.24. The van der Waals surface area contributed by atoms with Crippen LogP contribution in [0.5, 0.6) is 5.75 Å². The summed E-state index contributed by atoms with van der Waals surface area (Å²) in [5, 5.41) is 0. The van der Waals surface area contributed by atoms with Gasteiger partial charge in [0.25, 0.3) is 0 Å². The first kappa shape index (κ1) is 14.6. The van der Waals surface area contributed by atoms with E-state index in [9.17, 15) is 17.6 Å². The highest BCUT2D eigenvalue weighted by Crippen LogP contribution is 2.28. The molecule has 0 aliphatic heterocycles. The number of anilines is 1. The summed E-state index contributed by atoms with van der Waals surface area (Å²) in [5.74, 6) is -7.28. The van der Waals surface area contributed by atoms with Gasteiger partial charge in [-0.2, -0.15) is 8.78 Å². The molecule has 0 fully saturated rings. The van der Waals surface area contributed by atoms with Crippen molar-refractivity contribution in [3.8, 4) is 5.75 Å². The van der Waals surface area contributed by atoms with Crippen LogP contribution in [-0.4, -0.2) is 0 Å². The number of hydrogen-bond donors (Lipinski definition) is 1. The normalized spacial score (nSPS) is 10.7. The molecule has 0 bridgehead atoms. The Hall–Kier alpha value is -1.76. The highest BCUT2D eigenvalue weighted by molar-refractivity contribution is 9.10. The second-order valence-corrected chi connectivity index (χ2v) is 4.80. The van der Waals surface area contributed by atoms with E-state index in [1.54, 1.807) is 12.1 Å². The monoisotopic (exact) mass is 349 g/mol. The van der Waals surface area contributed by atoms with Gasteiger partial charge in [-0.25, -0.2) is 8.78 Å². The van der Waals surface area contributed by atoms with Crippen molar-refractivity contribution >= 4 is 21.6 Å². The number of nitrogens with two attached hydrogens (primary N) is 1. The molecule has 0 unspecified atom stereocenters. The Kier molecular flexibility index (Phi) is 4.17. The Morgan fingerprint density at radius 1 is 1.00 bits per heavy atom. The molecule has 0 amide bonds. The van der Waals surface area contributed by atoms with Crippen LogP contribution < -0.4 is 10.5 Å². The van der Waals surface area contributed by atoms with Crippen molar-refractivity contribution in [1.29, 1.82) is 0 Å². The van der Waals surface area contributed by atoms with E-state index in [0.29, 0.717) is 15.7 Å². The number of hydrogen-bond acceptors (Lipinski definition) is 2. The van der Waals surface area contributed by atoms with Crippen molar-refractivity contribution in [3.05, 3.63) is 57.6 Å². The number of rotatable bonds is 3. The van der Waals surface area contributed by atoms with Crippen molar-refractivity contribution in [1.82, 2.24) is 0 Å².